The fraction of sp³-hybridized carbons (Fsp3) is 0.696. The Hall–Kier alpha value is -1.02. The van der Waals surface area contributed by atoms with Crippen LogP contribution in [0.4, 0.5) is 0 Å². The van der Waals surface area contributed by atoms with Crippen LogP contribution in [0.15, 0.2) is 24.3 Å². The highest BCUT2D eigenvalue weighted by molar-refractivity contribution is 5.20. The maximum Gasteiger partial charge on any atom is 0.120 e. The van der Waals surface area contributed by atoms with Gasteiger partial charge in [-0.1, -0.05) is 31.4 Å². The number of rotatable bonds is 7. The normalized spacial score (nSPS) is 25.9. The van der Waals surface area contributed by atoms with E-state index in [1.807, 2.05) is 24.3 Å². The number of benzene rings is 1. The fourth-order valence-electron chi connectivity index (χ4n) is 4.26. The third-order valence-electron chi connectivity index (χ3n) is 5.75. The molecule has 0 spiro atoms. The first kappa shape index (κ1) is 18.8. The first-order valence-electron chi connectivity index (χ1n) is 10.5. The Morgan fingerprint density at radius 1 is 0.960 bits per heavy atom. The van der Waals surface area contributed by atoms with Crippen LogP contribution in [-0.2, 0) is 4.74 Å². The molecule has 138 valence electrons. The molecule has 1 aromatic carbocycles. The van der Waals surface area contributed by atoms with E-state index in [-0.39, 0.29) is 0 Å². The van der Waals surface area contributed by atoms with Crippen molar-refractivity contribution in [2.24, 2.45) is 5.92 Å². The second-order valence-corrected chi connectivity index (χ2v) is 7.79. The van der Waals surface area contributed by atoms with Crippen molar-refractivity contribution in [3.8, 4) is 5.75 Å². The van der Waals surface area contributed by atoms with E-state index in [9.17, 15) is 0 Å². The third-order valence-corrected chi connectivity index (χ3v) is 5.75. The molecule has 2 saturated carbocycles. The summed E-state index contributed by atoms with van der Waals surface area (Å²) in [5, 5.41) is 0. The van der Waals surface area contributed by atoms with E-state index < -0.39 is 0 Å². The van der Waals surface area contributed by atoms with Gasteiger partial charge in [0.2, 0.25) is 0 Å². The van der Waals surface area contributed by atoms with Gasteiger partial charge >= 0.3 is 0 Å². The Bertz CT molecular complexity index is 450. The summed E-state index contributed by atoms with van der Waals surface area (Å²) in [7, 11) is 0. The molecule has 2 radical (unpaired) electrons. The maximum atomic E-state index is 6.14. The molecule has 25 heavy (non-hydrogen) atoms. The number of hydrogen-bond acceptors (Lipinski definition) is 2. The SMILES string of the molecule is [c]1cccc(OC2CCCC(CCCOC3CC[CH]CCC3)CC2)c1. The molecule has 0 N–H and O–H groups in total. The van der Waals surface area contributed by atoms with Crippen molar-refractivity contribution in [2.45, 2.75) is 89.3 Å². The molecule has 0 bridgehead atoms. The van der Waals surface area contributed by atoms with Gasteiger partial charge in [0.25, 0.3) is 0 Å². The summed E-state index contributed by atoms with van der Waals surface area (Å²) >= 11 is 0. The fourth-order valence-corrected chi connectivity index (χ4v) is 4.26. The van der Waals surface area contributed by atoms with Crippen molar-refractivity contribution in [1.29, 1.82) is 0 Å². The highest BCUT2D eigenvalue weighted by Crippen LogP contribution is 2.29. The zero-order valence-electron chi connectivity index (χ0n) is 15.6. The number of hydrogen-bond donors (Lipinski definition) is 0. The monoisotopic (exact) mass is 342 g/mol. The molecule has 0 heterocycles. The van der Waals surface area contributed by atoms with Gasteiger partial charge in [-0.3, -0.25) is 0 Å². The zero-order chi connectivity index (χ0) is 17.2. The lowest BCUT2D eigenvalue weighted by molar-refractivity contribution is 0.0393. The minimum atomic E-state index is 0.388. The molecule has 2 nitrogen and oxygen atoms in total. The zero-order valence-corrected chi connectivity index (χ0v) is 15.6. The highest BCUT2D eigenvalue weighted by Gasteiger charge is 2.20. The van der Waals surface area contributed by atoms with Crippen LogP contribution < -0.4 is 4.74 Å². The smallest absolute Gasteiger partial charge is 0.120 e. The van der Waals surface area contributed by atoms with Crippen LogP contribution in [0.25, 0.3) is 0 Å². The largest absolute Gasteiger partial charge is 0.490 e. The third kappa shape index (κ3) is 7.01. The summed E-state index contributed by atoms with van der Waals surface area (Å²) in [5.41, 5.74) is 0. The lowest BCUT2D eigenvalue weighted by Gasteiger charge is -2.18. The van der Waals surface area contributed by atoms with Crippen LogP contribution in [0.1, 0.15) is 77.0 Å². The van der Waals surface area contributed by atoms with E-state index in [2.05, 4.69) is 12.5 Å². The Balaban J connectivity index is 1.30. The minimum absolute atomic E-state index is 0.388. The van der Waals surface area contributed by atoms with Gasteiger partial charge in [-0.25, -0.2) is 0 Å². The van der Waals surface area contributed by atoms with Gasteiger partial charge in [0.15, 0.2) is 0 Å². The molecule has 3 rings (SSSR count). The standard InChI is InChI=1S/C23H34O2/c1-2-5-13-21(12-4-1)24-19-9-11-20-10-8-16-23(18-17-20)25-22-14-6-3-7-15-22/h1,3,6,14-15,20-21,23H,2,4-5,8-13,16-19H2. The molecule has 2 fully saturated rings. The van der Waals surface area contributed by atoms with Crippen molar-refractivity contribution in [2.75, 3.05) is 6.61 Å². The van der Waals surface area contributed by atoms with Gasteiger partial charge in [-0.15, -0.1) is 0 Å². The second kappa shape index (κ2) is 10.9. The quantitative estimate of drug-likeness (QED) is 0.437. The average molecular weight is 343 g/mol. The summed E-state index contributed by atoms with van der Waals surface area (Å²) < 4.78 is 12.3. The highest BCUT2D eigenvalue weighted by atomic mass is 16.5. The molecule has 2 aliphatic carbocycles. The van der Waals surface area contributed by atoms with Crippen molar-refractivity contribution in [3.63, 3.8) is 0 Å². The predicted octanol–water partition coefficient (Wildman–Crippen LogP) is 6.15. The van der Waals surface area contributed by atoms with E-state index in [0.29, 0.717) is 12.2 Å². The van der Waals surface area contributed by atoms with Crippen molar-refractivity contribution in [3.05, 3.63) is 36.8 Å². The van der Waals surface area contributed by atoms with Gasteiger partial charge in [-0.2, -0.15) is 0 Å². The van der Waals surface area contributed by atoms with Crippen molar-refractivity contribution < 1.29 is 9.47 Å². The summed E-state index contributed by atoms with van der Waals surface area (Å²) in [6.45, 7) is 0.959. The lowest BCUT2D eigenvalue weighted by Crippen LogP contribution is -2.15. The van der Waals surface area contributed by atoms with E-state index in [1.165, 1.54) is 77.0 Å². The molecule has 3 atom stereocenters. The van der Waals surface area contributed by atoms with Crippen LogP contribution in [0, 0.1) is 18.4 Å². The van der Waals surface area contributed by atoms with Crippen LogP contribution in [0.3, 0.4) is 0 Å². The first-order chi connectivity index (χ1) is 12.4. The Morgan fingerprint density at radius 3 is 2.84 bits per heavy atom. The molecule has 0 aromatic heterocycles. The minimum Gasteiger partial charge on any atom is -0.490 e. The number of ether oxygens (including phenoxy) is 2. The van der Waals surface area contributed by atoms with Crippen molar-refractivity contribution in [1.82, 2.24) is 0 Å². The molecule has 1 aromatic rings. The second-order valence-electron chi connectivity index (χ2n) is 7.79. The summed E-state index contributed by atoms with van der Waals surface area (Å²) in [6.07, 6.45) is 18.6. The molecule has 3 unspecified atom stereocenters. The van der Waals surface area contributed by atoms with E-state index in [1.54, 1.807) is 0 Å². The maximum absolute atomic E-state index is 6.14. The van der Waals surface area contributed by atoms with E-state index in [0.717, 1.165) is 18.3 Å². The molecule has 0 saturated heterocycles. The van der Waals surface area contributed by atoms with Crippen LogP contribution >= 0.6 is 0 Å². The summed E-state index contributed by atoms with van der Waals surface area (Å²) in [4.78, 5) is 0. The Kier molecular flexibility index (Phi) is 8.15. The molecule has 2 aliphatic rings. The Labute approximate surface area is 154 Å². The van der Waals surface area contributed by atoms with Crippen molar-refractivity contribution >= 4 is 0 Å². The molecule has 0 amide bonds. The Morgan fingerprint density at radius 2 is 1.92 bits per heavy atom. The van der Waals surface area contributed by atoms with E-state index in [4.69, 9.17) is 9.47 Å². The van der Waals surface area contributed by atoms with Crippen LogP contribution in [0.2, 0.25) is 0 Å². The predicted molar refractivity (Wildman–Crippen MR) is 103 cm³/mol. The topological polar surface area (TPSA) is 18.5 Å². The molecule has 0 aliphatic heterocycles. The van der Waals surface area contributed by atoms with Crippen LogP contribution in [0.5, 0.6) is 5.75 Å². The average Bonchev–Trinajstić information content (AvgIpc) is 3.03. The van der Waals surface area contributed by atoms with Crippen LogP contribution in [-0.4, -0.2) is 18.8 Å². The van der Waals surface area contributed by atoms with Gasteiger partial charge in [0, 0.05) is 6.61 Å². The van der Waals surface area contributed by atoms with Gasteiger partial charge in [0.05, 0.1) is 12.2 Å². The molecular formula is C23H34O2. The molecule has 2 heteroatoms. The summed E-state index contributed by atoms with van der Waals surface area (Å²) in [6, 6.07) is 11.0. The van der Waals surface area contributed by atoms with Gasteiger partial charge in [0.1, 0.15) is 5.75 Å². The van der Waals surface area contributed by atoms with E-state index >= 15 is 0 Å². The lowest BCUT2D eigenvalue weighted by atomic mass is 9.95. The van der Waals surface area contributed by atoms with Gasteiger partial charge < -0.3 is 9.47 Å². The first-order valence-corrected chi connectivity index (χ1v) is 10.5. The summed E-state index contributed by atoms with van der Waals surface area (Å²) in [5.74, 6) is 1.84. The molecular weight excluding hydrogens is 308 g/mol. The van der Waals surface area contributed by atoms with Gasteiger partial charge in [-0.05, 0) is 88.3 Å².